The number of benzene rings is 3. The van der Waals surface area contributed by atoms with Gasteiger partial charge in [-0.1, -0.05) is 48.5 Å². The molecule has 0 bridgehead atoms. The summed E-state index contributed by atoms with van der Waals surface area (Å²) in [4.78, 5) is 18.1. The summed E-state index contributed by atoms with van der Waals surface area (Å²) in [6.45, 7) is 1.76. The molecule has 30 heavy (non-hydrogen) atoms. The largest absolute Gasteiger partial charge is 0.438 e. The van der Waals surface area contributed by atoms with Crippen LogP contribution in [0, 0.1) is 6.92 Å². The summed E-state index contributed by atoms with van der Waals surface area (Å²) in [5.74, 6) is -0.946. The van der Waals surface area contributed by atoms with Crippen molar-refractivity contribution >= 4 is 22.5 Å². The van der Waals surface area contributed by atoms with Crippen LogP contribution in [0.3, 0.4) is 0 Å². The lowest BCUT2D eigenvalue weighted by Gasteiger charge is -2.41. The number of fused-ring (bicyclic) bond motifs is 5. The molecule has 1 atom stereocenters. The molecule has 1 unspecified atom stereocenters. The molecule has 0 fully saturated rings. The van der Waals surface area contributed by atoms with Gasteiger partial charge in [-0.05, 0) is 36.8 Å². The van der Waals surface area contributed by atoms with Crippen molar-refractivity contribution in [2.75, 3.05) is 5.32 Å². The van der Waals surface area contributed by atoms with Crippen molar-refractivity contribution in [3.63, 3.8) is 0 Å². The van der Waals surface area contributed by atoms with Crippen molar-refractivity contribution in [1.29, 1.82) is 0 Å². The normalized spacial score (nSPS) is 18.2. The van der Waals surface area contributed by atoms with Gasteiger partial charge in [0, 0.05) is 16.8 Å². The number of hydrogen-bond donors (Lipinski definition) is 1. The first-order chi connectivity index (χ1) is 14.3. The fraction of sp³-hybridized carbons (Fsp3) is 0.130. The van der Waals surface area contributed by atoms with Gasteiger partial charge >= 0.3 is 6.18 Å². The smallest absolute Gasteiger partial charge is 0.348 e. The first-order valence-electron chi connectivity index (χ1n) is 9.37. The van der Waals surface area contributed by atoms with Crippen LogP contribution in [0.1, 0.15) is 15.9 Å². The highest BCUT2D eigenvalue weighted by molar-refractivity contribution is 6.12. The quantitative estimate of drug-likeness (QED) is 0.475. The van der Waals surface area contributed by atoms with Crippen molar-refractivity contribution in [3.8, 4) is 11.4 Å². The molecule has 0 radical (unpaired) electrons. The molecule has 4 aromatic rings. The zero-order valence-corrected chi connectivity index (χ0v) is 15.9. The first-order valence-corrected chi connectivity index (χ1v) is 9.37. The van der Waals surface area contributed by atoms with E-state index < -0.39 is 17.6 Å². The van der Waals surface area contributed by atoms with E-state index in [1.807, 2.05) is 0 Å². The number of anilines is 1. The number of aromatic nitrogens is 2. The summed E-state index contributed by atoms with van der Waals surface area (Å²) in [7, 11) is 0. The van der Waals surface area contributed by atoms with Crippen LogP contribution in [-0.2, 0) is 5.66 Å². The Labute approximate surface area is 170 Å². The topological polar surface area (TPSA) is 46.9 Å². The highest BCUT2D eigenvalue weighted by Gasteiger charge is 2.65. The number of carbonyl (C=O) groups excluding carboxylic acids is 1. The lowest BCUT2D eigenvalue weighted by atomic mass is 9.86. The minimum absolute atomic E-state index is 0.00133. The maximum absolute atomic E-state index is 14.9. The molecule has 0 aliphatic carbocycles. The van der Waals surface area contributed by atoms with E-state index in [4.69, 9.17) is 0 Å². The average molecular weight is 407 g/mol. The van der Waals surface area contributed by atoms with Gasteiger partial charge in [0.15, 0.2) is 0 Å². The lowest BCUT2D eigenvalue weighted by Crippen LogP contribution is -2.61. The number of ketones is 1. The first kappa shape index (κ1) is 18.4. The minimum Gasteiger partial charge on any atom is -0.348 e. The van der Waals surface area contributed by atoms with Crippen molar-refractivity contribution < 1.29 is 18.0 Å². The Morgan fingerprint density at radius 2 is 1.63 bits per heavy atom. The van der Waals surface area contributed by atoms with Crippen LogP contribution in [0.4, 0.5) is 18.9 Å². The van der Waals surface area contributed by atoms with Crippen molar-refractivity contribution in [2.24, 2.45) is 0 Å². The second-order valence-electron chi connectivity index (χ2n) is 7.29. The third-order valence-corrected chi connectivity index (χ3v) is 5.48. The lowest BCUT2D eigenvalue weighted by molar-refractivity contribution is -0.186. The molecular weight excluding hydrogens is 391 g/mol. The summed E-state index contributed by atoms with van der Waals surface area (Å²) in [6.07, 6.45) is -4.94. The van der Waals surface area contributed by atoms with Crippen LogP contribution in [0.15, 0.2) is 72.8 Å². The Bertz CT molecular complexity index is 1290. The predicted octanol–water partition coefficient (Wildman–Crippen LogP) is 5.54. The highest BCUT2D eigenvalue weighted by atomic mass is 19.4. The fourth-order valence-electron chi connectivity index (χ4n) is 4.15. The maximum atomic E-state index is 14.9. The van der Waals surface area contributed by atoms with E-state index in [-0.39, 0.29) is 22.6 Å². The fourth-order valence-corrected chi connectivity index (χ4v) is 4.15. The molecule has 2 heterocycles. The van der Waals surface area contributed by atoms with Crippen molar-refractivity contribution in [1.82, 2.24) is 9.55 Å². The van der Waals surface area contributed by atoms with Crippen LogP contribution in [0.5, 0.6) is 0 Å². The number of halogens is 3. The van der Waals surface area contributed by atoms with Crippen LogP contribution in [-0.4, -0.2) is 21.5 Å². The van der Waals surface area contributed by atoms with Gasteiger partial charge in [-0.15, -0.1) is 0 Å². The summed E-state index contributed by atoms with van der Waals surface area (Å²) >= 11 is 0. The molecule has 150 valence electrons. The third-order valence-electron chi connectivity index (χ3n) is 5.48. The number of alkyl halides is 3. The number of nitrogens with zero attached hydrogens (tertiary/aromatic N) is 2. The van der Waals surface area contributed by atoms with Gasteiger partial charge in [0.25, 0.3) is 5.66 Å². The molecule has 4 nitrogen and oxygen atoms in total. The number of para-hydroxylation sites is 3. The number of imidazole rings is 1. The average Bonchev–Trinajstić information content (AvgIpc) is 3.10. The molecular formula is C23H16F3N3O. The Kier molecular flexibility index (Phi) is 3.80. The van der Waals surface area contributed by atoms with Gasteiger partial charge in [0.05, 0.1) is 11.0 Å². The molecule has 5 rings (SSSR count). The highest BCUT2D eigenvalue weighted by Crippen LogP contribution is 2.49. The van der Waals surface area contributed by atoms with Crippen molar-refractivity contribution in [3.05, 3.63) is 83.9 Å². The van der Waals surface area contributed by atoms with E-state index in [0.717, 1.165) is 4.57 Å². The Balaban J connectivity index is 1.94. The summed E-state index contributed by atoms with van der Waals surface area (Å²) in [6, 6.07) is 19.3. The molecule has 1 N–H and O–H groups in total. The Morgan fingerprint density at radius 1 is 0.933 bits per heavy atom. The van der Waals surface area contributed by atoms with E-state index >= 15 is 0 Å². The van der Waals surface area contributed by atoms with E-state index in [0.29, 0.717) is 16.6 Å². The molecule has 1 aliphatic heterocycles. The van der Waals surface area contributed by atoms with Gasteiger partial charge < -0.3 is 5.32 Å². The number of aryl methyl sites for hydroxylation is 1. The van der Waals surface area contributed by atoms with Gasteiger partial charge in [-0.25, -0.2) is 4.98 Å². The molecule has 0 saturated heterocycles. The summed E-state index contributed by atoms with van der Waals surface area (Å²) in [5, 5.41) is 2.53. The maximum Gasteiger partial charge on any atom is 0.438 e. The number of rotatable bonds is 2. The number of Topliss-reactive ketones (excluding diaryl/α,β-unsaturated/α-hetero) is 1. The Hall–Kier alpha value is -3.61. The molecule has 1 aliphatic rings. The molecule has 0 amide bonds. The second-order valence-corrected chi connectivity index (χ2v) is 7.29. The van der Waals surface area contributed by atoms with Crippen molar-refractivity contribution in [2.45, 2.75) is 18.8 Å². The second kappa shape index (κ2) is 6.19. The van der Waals surface area contributed by atoms with Gasteiger partial charge in [0.1, 0.15) is 5.82 Å². The SMILES string of the molecule is Cc1cccc2c1-c1nc3ccccc3n1C(Nc1ccccc1)(C(F)(F)F)C2=O. The molecule has 0 saturated carbocycles. The summed E-state index contributed by atoms with van der Waals surface area (Å²) in [5.41, 5.74) is -1.11. The minimum atomic E-state index is -4.94. The van der Waals surface area contributed by atoms with Gasteiger partial charge in [0.2, 0.25) is 5.78 Å². The third kappa shape index (κ3) is 2.35. The van der Waals surface area contributed by atoms with Crippen LogP contribution in [0.2, 0.25) is 0 Å². The monoisotopic (exact) mass is 407 g/mol. The molecule has 0 spiro atoms. The number of hydrogen-bond acceptors (Lipinski definition) is 3. The number of nitrogens with one attached hydrogen (secondary N) is 1. The van der Waals surface area contributed by atoms with Gasteiger partial charge in [-0.2, -0.15) is 13.2 Å². The van der Waals surface area contributed by atoms with E-state index in [2.05, 4.69) is 10.3 Å². The number of carbonyl (C=O) groups is 1. The van der Waals surface area contributed by atoms with Crippen LogP contribution >= 0.6 is 0 Å². The van der Waals surface area contributed by atoms with E-state index in [1.54, 1.807) is 61.5 Å². The Morgan fingerprint density at radius 3 is 2.37 bits per heavy atom. The van der Waals surface area contributed by atoms with Crippen LogP contribution < -0.4 is 5.32 Å². The van der Waals surface area contributed by atoms with E-state index in [9.17, 15) is 18.0 Å². The summed E-state index contributed by atoms with van der Waals surface area (Å²) < 4.78 is 45.6. The molecule has 3 aromatic carbocycles. The zero-order valence-electron chi connectivity index (χ0n) is 15.9. The van der Waals surface area contributed by atoms with Crippen LogP contribution in [0.25, 0.3) is 22.4 Å². The van der Waals surface area contributed by atoms with Gasteiger partial charge in [-0.3, -0.25) is 9.36 Å². The standard InChI is InChI=1S/C23H16F3N3O/c1-14-8-7-11-16-19(14)21-27-17-12-5-6-13-18(17)29(21)22(20(16)30,23(24,25)26)28-15-9-3-2-4-10-15/h2-13,28H,1H3. The molecule has 1 aromatic heterocycles. The van der Waals surface area contributed by atoms with E-state index in [1.165, 1.54) is 18.2 Å². The molecule has 7 heteroatoms. The predicted molar refractivity (Wildman–Crippen MR) is 108 cm³/mol. The zero-order chi connectivity index (χ0) is 21.1.